The Morgan fingerprint density at radius 1 is 1.60 bits per heavy atom. The molecule has 5 nitrogen and oxygen atoms in total. The van der Waals surface area contributed by atoms with Gasteiger partial charge in [-0.15, -0.1) is 0 Å². The first kappa shape index (κ1) is 6.60. The smallest absolute Gasteiger partial charge is 0.223 e. The summed E-state index contributed by atoms with van der Waals surface area (Å²) in [5.41, 5.74) is 10.5. The second kappa shape index (κ2) is 2.38. The molecule has 1 rings (SSSR count). The highest BCUT2D eigenvalue weighted by molar-refractivity contribution is 5.31. The molecule has 0 radical (unpaired) electrons. The topological polar surface area (TPSA) is 82.8 Å². The Bertz CT molecular complexity index is 249. The van der Waals surface area contributed by atoms with Gasteiger partial charge in [-0.25, -0.2) is 4.68 Å². The number of anilines is 1. The van der Waals surface area contributed by atoms with Gasteiger partial charge in [-0.3, -0.25) is 0 Å². The lowest BCUT2D eigenvalue weighted by molar-refractivity contribution is 0.918. The van der Waals surface area contributed by atoms with Crippen molar-refractivity contribution in [1.82, 2.24) is 14.8 Å². The lowest BCUT2D eigenvalue weighted by atomic mass is 10.8. The highest BCUT2D eigenvalue weighted by Gasteiger charge is 1.97. The Labute approximate surface area is 58.3 Å². The highest BCUT2D eigenvalue weighted by atomic mass is 15.4. The molecule has 0 amide bonds. The number of hydrogen-bond acceptors (Lipinski definition) is 4. The molecule has 4 N–H and O–H groups in total. The van der Waals surface area contributed by atoms with Crippen LogP contribution in [-0.4, -0.2) is 14.8 Å². The van der Waals surface area contributed by atoms with Gasteiger partial charge in [0, 0.05) is 12.4 Å². The van der Waals surface area contributed by atoms with Crippen molar-refractivity contribution >= 4 is 12.1 Å². The van der Waals surface area contributed by atoms with Crippen molar-refractivity contribution in [3.8, 4) is 0 Å². The molecular formula is C5H9N5. The van der Waals surface area contributed by atoms with Gasteiger partial charge < -0.3 is 11.5 Å². The van der Waals surface area contributed by atoms with E-state index in [2.05, 4.69) is 10.1 Å². The van der Waals surface area contributed by atoms with Crippen LogP contribution in [0.2, 0.25) is 0 Å². The number of aromatic nitrogens is 3. The monoisotopic (exact) mass is 139 g/mol. The van der Waals surface area contributed by atoms with Crippen molar-refractivity contribution in [2.45, 2.75) is 6.92 Å². The van der Waals surface area contributed by atoms with E-state index in [4.69, 9.17) is 11.5 Å². The number of aryl methyl sites for hydroxylation is 1. The molecule has 0 bridgehead atoms. The second-order valence-corrected chi connectivity index (χ2v) is 1.80. The van der Waals surface area contributed by atoms with Crippen molar-refractivity contribution < 1.29 is 0 Å². The molecule has 0 fully saturated rings. The van der Waals surface area contributed by atoms with Crippen LogP contribution in [0, 0.1) is 6.92 Å². The van der Waals surface area contributed by atoms with Gasteiger partial charge in [-0.2, -0.15) is 10.1 Å². The molecule has 5 heteroatoms. The molecule has 0 atom stereocenters. The minimum atomic E-state index is 0.346. The van der Waals surface area contributed by atoms with Crippen molar-refractivity contribution in [2.75, 3.05) is 5.73 Å². The molecule has 0 aliphatic carbocycles. The molecule has 0 aromatic carbocycles. The van der Waals surface area contributed by atoms with Crippen LogP contribution in [0.3, 0.4) is 0 Å². The third kappa shape index (κ3) is 1.07. The normalized spacial score (nSPS) is 10.9. The fourth-order valence-electron chi connectivity index (χ4n) is 0.638. The van der Waals surface area contributed by atoms with Crippen molar-refractivity contribution in [3.05, 3.63) is 12.0 Å². The first-order valence-electron chi connectivity index (χ1n) is 2.81. The molecule has 0 aliphatic rings. The van der Waals surface area contributed by atoms with Crippen LogP contribution in [0.5, 0.6) is 0 Å². The summed E-state index contributed by atoms with van der Waals surface area (Å²) in [4.78, 5) is 3.85. The summed E-state index contributed by atoms with van der Waals surface area (Å²) in [5, 5.41) is 3.91. The number of nitrogens with zero attached hydrogens (tertiary/aromatic N) is 3. The molecule has 1 aromatic heterocycles. The van der Waals surface area contributed by atoms with Gasteiger partial charge >= 0.3 is 0 Å². The van der Waals surface area contributed by atoms with E-state index in [1.54, 1.807) is 6.92 Å². The van der Waals surface area contributed by atoms with Crippen LogP contribution in [-0.2, 0) is 0 Å². The van der Waals surface area contributed by atoms with Crippen LogP contribution in [0.4, 0.5) is 5.95 Å². The maximum Gasteiger partial charge on any atom is 0.223 e. The summed E-state index contributed by atoms with van der Waals surface area (Å²) in [6.45, 7) is 1.76. The van der Waals surface area contributed by atoms with Crippen LogP contribution in [0.15, 0.2) is 6.20 Å². The number of rotatable bonds is 1. The van der Waals surface area contributed by atoms with Gasteiger partial charge in [0.15, 0.2) is 0 Å². The van der Waals surface area contributed by atoms with Gasteiger partial charge in [0.05, 0.1) is 0 Å². The zero-order valence-electron chi connectivity index (χ0n) is 5.65. The average molecular weight is 139 g/mol. The molecule has 0 unspecified atom stereocenters. The van der Waals surface area contributed by atoms with Gasteiger partial charge in [0.25, 0.3) is 0 Å². The molecule has 1 heterocycles. The van der Waals surface area contributed by atoms with E-state index < -0.39 is 0 Å². The summed E-state index contributed by atoms with van der Waals surface area (Å²) in [6, 6.07) is 0. The van der Waals surface area contributed by atoms with E-state index in [1.165, 1.54) is 17.1 Å². The Hall–Kier alpha value is -1.52. The molecule has 10 heavy (non-hydrogen) atoms. The maximum absolute atomic E-state index is 5.41. The molecule has 1 aromatic rings. The molecule has 0 spiro atoms. The van der Waals surface area contributed by atoms with Crippen molar-refractivity contribution in [1.29, 1.82) is 0 Å². The maximum atomic E-state index is 5.41. The van der Waals surface area contributed by atoms with Gasteiger partial charge in [0.1, 0.15) is 5.82 Å². The molecule has 0 saturated heterocycles. The number of nitrogens with two attached hydrogens (primary N) is 2. The Kier molecular flexibility index (Phi) is 1.57. The van der Waals surface area contributed by atoms with Crippen LogP contribution < -0.4 is 11.5 Å². The van der Waals surface area contributed by atoms with E-state index in [-0.39, 0.29) is 0 Å². The average Bonchev–Trinajstić information content (AvgIpc) is 2.13. The predicted molar refractivity (Wildman–Crippen MR) is 38.7 cm³/mol. The lowest BCUT2D eigenvalue weighted by Crippen LogP contribution is -1.98. The Balaban J connectivity index is 3.03. The quantitative estimate of drug-likeness (QED) is 0.552. The molecule has 0 aliphatic heterocycles. The largest absolute Gasteiger partial charge is 0.403 e. The number of hydrogen-bond donors (Lipinski definition) is 2. The molecular weight excluding hydrogens is 130 g/mol. The minimum Gasteiger partial charge on any atom is -0.403 e. The third-order valence-corrected chi connectivity index (χ3v) is 0.991. The second-order valence-electron chi connectivity index (χ2n) is 1.80. The van der Waals surface area contributed by atoms with E-state index >= 15 is 0 Å². The van der Waals surface area contributed by atoms with Crippen molar-refractivity contribution in [2.24, 2.45) is 5.73 Å². The van der Waals surface area contributed by atoms with Crippen LogP contribution in [0.1, 0.15) is 5.82 Å². The summed E-state index contributed by atoms with van der Waals surface area (Å²) >= 11 is 0. The van der Waals surface area contributed by atoms with Crippen LogP contribution in [0.25, 0.3) is 6.20 Å². The zero-order valence-corrected chi connectivity index (χ0v) is 5.65. The Morgan fingerprint density at radius 3 is 2.70 bits per heavy atom. The Morgan fingerprint density at radius 2 is 2.30 bits per heavy atom. The van der Waals surface area contributed by atoms with E-state index in [0.717, 1.165) is 0 Å². The first-order chi connectivity index (χ1) is 4.74. The minimum absolute atomic E-state index is 0.346. The predicted octanol–water partition coefficient (Wildman–Crippen LogP) is -0.444. The lowest BCUT2D eigenvalue weighted by Gasteiger charge is -1.89. The van der Waals surface area contributed by atoms with Crippen LogP contribution >= 0.6 is 0 Å². The van der Waals surface area contributed by atoms with E-state index in [1.807, 2.05) is 0 Å². The fourth-order valence-corrected chi connectivity index (χ4v) is 0.638. The van der Waals surface area contributed by atoms with Gasteiger partial charge in [0.2, 0.25) is 5.95 Å². The van der Waals surface area contributed by atoms with Crippen molar-refractivity contribution in [3.63, 3.8) is 0 Å². The van der Waals surface area contributed by atoms with E-state index in [0.29, 0.717) is 11.8 Å². The van der Waals surface area contributed by atoms with E-state index in [9.17, 15) is 0 Å². The number of nitrogen functional groups attached to an aromatic ring is 1. The van der Waals surface area contributed by atoms with Gasteiger partial charge in [-0.1, -0.05) is 0 Å². The van der Waals surface area contributed by atoms with Gasteiger partial charge in [-0.05, 0) is 6.92 Å². The summed E-state index contributed by atoms with van der Waals surface area (Å²) in [7, 11) is 0. The standard InChI is InChI=1S/C5H9N5/c1-4-8-5(7)10(9-4)3-2-6/h2-3H,6H2,1H3,(H2,7,8,9)/b3-2-. The highest BCUT2D eigenvalue weighted by Crippen LogP contribution is 1.97. The summed E-state index contributed by atoms with van der Waals surface area (Å²) < 4.78 is 1.41. The summed E-state index contributed by atoms with van der Waals surface area (Å²) in [6.07, 6.45) is 2.89. The first-order valence-corrected chi connectivity index (χ1v) is 2.81. The summed E-state index contributed by atoms with van der Waals surface area (Å²) in [5.74, 6) is 0.981. The molecule has 0 saturated carbocycles. The third-order valence-electron chi connectivity index (χ3n) is 0.991. The fraction of sp³-hybridized carbons (Fsp3) is 0.200. The molecule has 54 valence electrons. The zero-order chi connectivity index (χ0) is 7.56. The SMILES string of the molecule is Cc1nc(N)n(/C=C\N)n1.